The summed E-state index contributed by atoms with van der Waals surface area (Å²) >= 11 is 0. The van der Waals surface area contributed by atoms with Crippen molar-refractivity contribution in [1.29, 1.82) is 0 Å². The molecule has 0 bridgehead atoms. The van der Waals surface area contributed by atoms with Gasteiger partial charge in [0.1, 0.15) is 12.1 Å². The number of aromatic nitrogens is 3. The predicted molar refractivity (Wildman–Crippen MR) is 139 cm³/mol. The lowest BCUT2D eigenvalue weighted by atomic mass is 9.79. The van der Waals surface area contributed by atoms with E-state index < -0.39 is 11.6 Å². The van der Waals surface area contributed by atoms with Gasteiger partial charge in [0.15, 0.2) is 5.82 Å². The van der Waals surface area contributed by atoms with Crippen LogP contribution in [0.1, 0.15) is 48.2 Å². The smallest absolute Gasteiger partial charge is 0.356 e. The number of amides is 1. The highest BCUT2D eigenvalue weighted by molar-refractivity contribution is 5.89. The fourth-order valence-corrected chi connectivity index (χ4v) is 5.13. The Bertz CT molecular complexity index is 1220. The van der Waals surface area contributed by atoms with Gasteiger partial charge in [-0.25, -0.2) is 14.8 Å². The van der Waals surface area contributed by atoms with Gasteiger partial charge in [-0.3, -0.25) is 9.78 Å². The van der Waals surface area contributed by atoms with Gasteiger partial charge < -0.3 is 20.2 Å². The SMILES string of the molecule is O=C(ONCC(=O)N1CC[C@H](NC2CCC(O)(c3ccc(-c4ncccn4)cn3)CC2)C1)c1ccccc1. The fraction of sp³-hybridized carbons (Fsp3) is 0.393. The van der Waals surface area contributed by atoms with E-state index in [1.165, 1.54) is 0 Å². The van der Waals surface area contributed by atoms with Crippen molar-refractivity contribution in [3.8, 4) is 11.4 Å². The van der Waals surface area contributed by atoms with E-state index in [0.29, 0.717) is 43.0 Å². The van der Waals surface area contributed by atoms with E-state index in [1.807, 2.05) is 18.2 Å². The number of carbonyl (C=O) groups excluding carboxylic acids is 2. The lowest BCUT2D eigenvalue weighted by Crippen LogP contribution is -2.46. The van der Waals surface area contributed by atoms with Crippen molar-refractivity contribution >= 4 is 11.9 Å². The van der Waals surface area contributed by atoms with Crippen LogP contribution in [0.15, 0.2) is 67.1 Å². The van der Waals surface area contributed by atoms with Crippen molar-refractivity contribution in [2.75, 3.05) is 19.6 Å². The highest BCUT2D eigenvalue weighted by Crippen LogP contribution is 2.36. The summed E-state index contributed by atoms with van der Waals surface area (Å²) in [5, 5.41) is 14.9. The minimum absolute atomic E-state index is 0.0655. The molecule has 2 fully saturated rings. The van der Waals surface area contributed by atoms with Gasteiger partial charge in [-0.15, -0.1) is 5.48 Å². The Hall–Kier alpha value is -3.73. The summed E-state index contributed by atoms with van der Waals surface area (Å²) in [5.41, 5.74) is 3.46. The Morgan fingerprint density at radius 2 is 1.74 bits per heavy atom. The number of rotatable bonds is 8. The third kappa shape index (κ3) is 6.21. The second-order valence-electron chi connectivity index (χ2n) is 9.88. The van der Waals surface area contributed by atoms with Crippen LogP contribution in [0, 0.1) is 0 Å². The molecule has 1 atom stereocenters. The Balaban J connectivity index is 1.04. The third-order valence-electron chi connectivity index (χ3n) is 7.29. The topological polar surface area (TPSA) is 130 Å². The number of nitrogens with zero attached hydrogens (tertiary/aromatic N) is 4. The number of pyridine rings is 1. The van der Waals surface area contributed by atoms with Gasteiger partial charge in [0, 0.05) is 49.3 Å². The van der Waals surface area contributed by atoms with E-state index in [1.54, 1.807) is 53.8 Å². The number of carbonyl (C=O) groups is 2. The van der Waals surface area contributed by atoms with Gasteiger partial charge >= 0.3 is 5.97 Å². The first-order valence-corrected chi connectivity index (χ1v) is 13.0. The molecule has 1 amide bonds. The van der Waals surface area contributed by atoms with E-state index in [0.717, 1.165) is 24.8 Å². The number of hydrogen-bond donors (Lipinski definition) is 3. The molecule has 38 heavy (non-hydrogen) atoms. The number of nitrogens with one attached hydrogen (secondary N) is 2. The lowest BCUT2D eigenvalue weighted by Gasteiger charge is -2.37. The van der Waals surface area contributed by atoms with Crippen LogP contribution >= 0.6 is 0 Å². The average molecular weight is 517 g/mol. The summed E-state index contributed by atoms with van der Waals surface area (Å²) in [5.74, 6) is -0.0175. The number of likely N-dealkylation sites (tertiary alicyclic amines) is 1. The number of benzene rings is 1. The van der Waals surface area contributed by atoms with Crippen LogP contribution in [0.3, 0.4) is 0 Å². The number of aliphatic hydroxyl groups is 1. The first-order valence-electron chi connectivity index (χ1n) is 13.0. The zero-order valence-electron chi connectivity index (χ0n) is 21.1. The molecule has 10 nitrogen and oxygen atoms in total. The molecular weight excluding hydrogens is 484 g/mol. The van der Waals surface area contributed by atoms with Crippen LogP contribution in [0.25, 0.3) is 11.4 Å². The van der Waals surface area contributed by atoms with Gasteiger partial charge in [-0.1, -0.05) is 18.2 Å². The molecule has 3 heterocycles. The van der Waals surface area contributed by atoms with Crippen LogP contribution in [0.5, 0.6) is 0 Å². The molecule has 5 rings (SSSR count). The molecule has 1 aliphatic carbocycles. The van der Waals surface area contributed by atoms with Gasteiger partial charge in [0.25, 0.3) is 0 Å². The minimum atomic E-state index is -0.950. The molecule has 1 aliphatic heterocycles. The molecule has 3 N–H and O–H groups in total. The highest BCUT2D eigenvalue weighted by Gasteiger charge is 2.37. The quantitative estimate of drug-likeness (QED) is 0.386. The fourth-order valence-electron chi connectivity index (χ4n) is 5.13. The first kappa shape index (κ1) is 25.9. The Labute approximate surface area is 221 Å². The molecule has 2 aromatic heterocycles. The molecule has 0 radical (unpaired) electrons. The Kier molecular flexibility index (Phi) is 8.02. The summed E-state index contributed by atoms with van der Waals surface area (Å²) in [4.78, 5) is 44.3. The van der Waals surface area contributed by atoms with Crippen LogP contribution in [-0.4, -0.2) is 68.6 Å². The first-order chi connectivity index (χ1) is 18.5. The van der Waals surface area contributed by atoms with Crippen LogP contribution in [0.4, 0.5) is 0 Å². The second-order valence-corrected chi connectivity index (χ2v) is 9.88. The van der Waals surface area contributed by atoms with Crippen molar-refractivity contribution in [2.45, 2.75) is 49.8 Å². The molecule has 10 heteroatoms. The van der Waals surface area contributed by atoms with Crippen molar-refractivity contribution in [2.24, 2.45) is 0 Å². The number of hydrogen-bond acceptors (Lipinski definition) is 9. The summed E-state index contributed by atoms with van der Waals surface area (Å²) in [6.07, 6.45) is 8.84. The van der Waals surface area contributed by atoms with E-state index in [9.17, 15) is 14.7 Å². The normalized spacial score (nSPS) is 23.2. The van der Waals surface area contributed by atoms with E-state index in [4.69, 9.17) is 4.84 Å². The molecular formula is C28H32N6O4. The van der Waals surface area contributed by atoms with Gasteiger partial charge in [0.05, 0.1) is 11.3 Å². The van der Waals surface area contributed by atoms with E-state index in [2.05, 4.69) is 25.7 Å². The van der Waals surface area contributed by atoms with Gasteiger partial charge in [-0.05, 0) is 62.4 Å². The van der Waals surface area contributed by atoms with Crippen LogP contribution < -0.4 is 10.8 Å². The monoisotopic (exact) mass is 516 g/mol. The molecule has 2 aliphatic rings. The maximum atomic E-state index is 12.6. The van der Waals surface area contributed by atoms with Gasteiger partial charge in [0.2, 0.25) is 5.91 Å². The van der Waals surface area contributed by atoms with E-state index >= 15 is 0 Å². The standard InChI is InChI=1S/C28H32N6O4/c35-25(18-32-38-27(36)20-5-2-1-3-6-20)34-16-11-23(19-34)33-22-9-12-28(37,13-10-22)24-8-7-21(17-31-24)26-29-14-4-15-30-26/h1-8,14-15,17,22-23,32-33,37H,9-13,16,18-19H2/t22?,23-,28?/m0/s1. The second kappa shape index (κ2) is 11.8. The van der Waals surface area contributed by atoms with Crippen LogP contribution in [0.2, 0.25) is 0 Å². The maximum absolute atomic E-state index is 12.6. The van der Waals surface area contributed by atoms with Crippen molar-refractivity contribution in [3.05, 3.63) is 78.4 Å². The maximum Gasteiger partial charge on any atom is 0.356 e. The van der Waals surface area contributed by atoms with E-state index in [-0.39, 0.29) is 24.5 Å². The lowest BCUT2D eigenvalue weighted by molar-refractivity contribution is -0.131. The summed E-state index contributed by atoms with van der Waals surface area (Å²) < 4.78 is 0. The number of hydroxylamine groups is 1. The minimum Gasteiger partial charge on any atom is -0.384 e. The summed E-state index contributed by atoms with van der Waals surface area (Å²) in [6.45, 7) is 1.20. The van der Waals surface area contributed by atoms with Crippen molar-refractivity contribution < 1.29 is 19.5 Å². The van der Waals surface area contributed by atoms with Crippen molar-refractivity contribution in [1.82, 2.24) is 30.6 Å². The summed E-state index contributed by atoms with van der Waals surface area (Å²) in [6, 6.07) is 14.6. The largest absolute Gasteiger partial charge is 0.384 e. The Morgan fingerprint density at radius 3 is 2.45 bits per heavy atom. The van der Waals surface area contributed by atoms with Gasteiger partial charge in [-0.2, -0.15) is 0 Å². The molecule has 0 unspecified atom stereocenters. The molecule has 1 saturated carbocycles. The Morgan fingerprint density at radius 1 is 0.974 bits per heavy atom. The molecule has 198 valence electrons. The zero-order chi connectivity index (χ0) is 26.4. The molecule has 1 aromatic carbocycles. The van der Waals surface area contributed by atoms with Crippen LogP contribution in [-0.2, 0) is 15.2 Å². The predicted octanol–water partition coefficient (Wildman–Crippen LogP) is 2.22. The summed E-state index contributed by atoms with van der Waals surface area (Å²) in [7, 11) is 0. The molecule has 0 spiro atoms. The average Bonchev–Trinajstić information content (AvgIpc) is 3.44. The third-order valence-corrected chi connectivity index (χ3v) is 7.29. The highest BCUT2D eigenvalue weighted by atomic mass is 16.7. The van der Waals surface area contributed by atoms with Crippen molar-refractivity contribution in [3.63, 3.8) is 0 Å². The zero-order valence-corrected chi connectivity index (χ0v) is 21.1. The molecule has 3 aromatic rings. The molecule has 1 saturated heterocycles.